The normalized spacial score (nSPS) is 14.8. The van der Waals surface area contributed by atoms with Crippen molar-refractivity contribution in [1.29, 1.82) is 0 Å². The molecule has 0 saturated heterocycles. The summed E-state index contributed by atoms with van der Waals surface area (Å²) in [6.07, 6.45) is -0.0883. The maximum Gasteiger partial charge on any atom is 0.222 e. The average Bonchev–Trinajstić information content (AvgIpc) is 2.97. The van der Waals surface area contributed by atoms with Crippen LogP contribution in [0.5, 0.6) is 0 Å². The molecule has 2 aromatic rings. The quantitative estimate of drug-likeness (QED) is 0.943. The fraction of sp³-hybridized carbons (Fsp3) is 0.316. The summed E-state index contributed by atoms with van der Waals surface area (Å²) in [4.78, 5) is 13.7. The Morgan fingerprint density at radius 3 is 2.64 bits per heavy atom. The summed E-state index contributed by atoms with van der Waals surface area (Å²) in [5.41, 5.74) is 5.23. The molecule has 0 spiro atoms. The smallest absolute Gasteiger partial charge is 0.222 e. The van der Waals surface area contributed by atoms with Crippen molar-refractivity contribution < 1.29 is 9.90 Å². The van der Waals surface area contributed by atoms with Gasteiger partial charge in [0, 0.05) is 19.5 Å². The molecule has 0 aromatic heterocycles. The van der Waals surface area contributed by atoms with Crippen LogP contribution in [0.3, 0.4) is 0 Å². The van der Waals surface area contributed by atoms with Gasteiger partial charge >= 0.3 is 0 Å². The standard InChI is InChI=1S/C19H21NO2/c1-3-18(21)20-11-15-9-8-14(10-16(15)12-20)19(22)17-7-5-4-6-13(17)2/h4-10,19,22H,3,11-12H2,1-2H3. The number of aliphatic hydroxyl groups excluding tert-OH is 1. The number of aryl methyl sites for hydroxylation is 1. The van der Waals surface area contributed by atoms with Gasteiger partial charge < -0.3 is 10.0 Å². The van der Waals surface area contributed by atoms with E-state index in [1.807, 2.05) is 61.2 Å². The molecule has 22 heavy (non-hydrogen) atoms. The Morgan fingerprint density at radius 1 is 1.18 bits per heavy atom. The number of aliphatic hydroxyl groups is 1. The Bertz CT molecular complexity index is 708. The summed E-state index contributed by atoms with van der Waals surface area (Å²) in [5.74, 6) is 0.178. The van der Waals surface area contributed by atoms with Gasteiger partial charge in [0.2, 0.25) is 5.91 Å². The molecule has 0 fully saturated rings. The minimum absolute atomic E-state index is 0.178. The molecule has 0 bridgehead atoms. The minimum Gasteiger partial charge on any atom is -0.384 e. The van der Waals surface area contributed by atoms with Gasteiger partial charge in [0.25, 0.3) is 0 Å². The van der Waals surface area contributed by atoms with Gasteiger partial charge in [-0.15, -0.1) is 0 Å². The number of carbonyl (C=O) groups excluding carboxylic acids is 1. The van der Waals surface area contributed by atoms with Crippen molar-refractivity contribution in [3.8, 4) is 0 Å². The molecule has 2 aromatic carbocycles. The molecule has 0 aliphatic carbocycles. The first kappa shape index (κ1) is 14.8. The third-order valence-corrected chi connectivity index (χ3v) is 4.41. The molecular formula is C19H21NO2. The molecule has 1 aliphatic rings. The van der Waals surface area contributed by atoms with E-state index in [-0.39, 0.29) is 5.91 Å². The second-order valence-electron chi connectivity index (χ2n) is 5.89. The predicted molar refractivity (Wildman–Crippen MR) is 86.2 cm³/mol. The third-order valence-electron chi connectivity index (χ3n) is 4.41. The number of fused-ring (bicyclic) bond motifs is 1. The second kappa shape index (κ2) is 5.93. The van der Waals surface area contributed by atoms with Crippen molar-refractivity contribution in [2.75, 3.05) is 0 Å². The highest BCUT2D eigenvalue weighted by Crippen LogP contribution is 2.30. The molecule has 1 amide bonds. The van der Waals surface area contributed by atoms with E-state index < -0.39 is 6.10 Å². The minimum atomic E-state index is -0.623. The predicted octanol–water partition coefficient (Wildman–Crippen LogP) is 3.33. The van der Waals surface area contributed by atoms with E-state index in [4.69, 9.17) is 0 Å². The maximum atomic E-state index is 11.8. The number of rotatable bonds is 3. The Morgan fingerprint density at radius 2 is 1.91 bits per heavy atom. The topological polar surface area (TPSA) is 40.5 Å². The summed E-state index contributed by atoms with van der Waals surface area (Å²) in [5, 5.41) is 10.6. The van der Waals surface area contributed by atoms with E-state index in [1.54, 1.807) is 0 Å². The zero-order chi connectivity index (χ0) is 15.7. The third kappa shape index (κ3) is 2.64. The number of hydrogen-bond acceptors (Lipinski definition) is 2. The van der Waals surface area contributed by atoms with Gasteiger partial charge in [0.05, 0.1) is 0 Å². The van der Waals surface area contributed by atoms with Crippen LogP contribution in [-0.4, -0.2) is 15.9 Å². The summed E-state index contributed by atoms with van der Waals surface area (Å²) < 4.78 is 0. The van der Waals surface area contributed by atoms with Gasteiger partial charge in [0.15, 0.2) is 0 Å². The van der Waals surface area contributed by atoms with Gasteiger partial charge in [-0.1, -0.05) is 49.4 Å². The van der Waals surface area contributed by atoms with Gasteiger partial charge in [-0.05, 0) is 34.7 Å². The first-order chi connectivity index (χ1) is 10.6. The van der Waals surface area contributed by atoms with Crippen LogP contribution < -0.4 is 0 Å². The molecule has 0 radical (unpaired) electrons. The Hall–Kier alpha value is -2.13. The Kier molecular flexibility index (Phi) is 3.99. The number of nitrogens with zero attached hydrogens (tertiary/aromatic N) is 1. The second-order valence-corrected chi connectivity index (χ2v) is 5.89. The van der Waals surface area contributed by atoms with Crippen molar-refractivity contribution in [1.82, 2.24) is 4.90 Å². The van der Waals surface area contributed by atoms with E-state index in [2.05, 4.69) is 0 Å². The SMILES string of the molecule is CCC(=O)N1Cc2ccc(C(O)c3ccccc3C)cc2C1. The van der Waals surface area contributed by atoms with Crippen molar-refractivity contribution in [2.45, 2.75) is 39.5 Å². The van der Waals surface area contributed by atoms with E-state index >= 15 is 0 Å². The molecule has 3 nitrogen and oxygen atoms in total. The van der Waals surface area contributed by atoms with Gasteiger partial charge in [-0.2, -0.15) is 0 Å². The highest BCUT2D eigenvalue weighted by atomic mass is 16.3. The van der Waals surface area contributed by atoms with E-state index in [9.17, 15) is 9.90 Å². The molecular weight excluding hydrogens is 274 g/mol. The van der Waals surface area contributed by atoms with Crippen LogP contribution in [0.2, 0.25) is 0 Å². The molecule has 1 aliphatic heterocycles. The molecule has 1 heterocycles. The van der Waals surface area contributed by atoms with Crippen LogP contribution in [0.15, 0.2) is 42.5 Å². The van der Waals surface area contributed by atoms with Gasteiger partial charge in [-0.25, -0.2) is 0 Å². The average molecular weight is 295 g/mol. The van der Waals surface area contributed by atoms with Crippen LogP contribution in [0.4, 0.5) is 0 Å². The van der Waals surface area contributed by atoms with Crippen LogP contribution >= 0.6 is 0 Å². The van der Waals surface area contributed by atoms with Gasteiger partial charge in [0.1, 0.15) is 6.10 Å². The van der Waals surface area contributed by atoms with Crippen LogP contribution in [0, 0.1) is 6.92 Å². The van der Waals surface area contributed by atoms with Crippen LogP contribution in [0.1, 0.15) is 47.3 Å². The Balaban J connectivity index is 1.87. The largest absolute Gasteiger partial charge is 0.384 e. The number of carbonyl (C=O) groups is 1. The van der Waals surface area contributed by atoms with E-state index in [0.717, 1.165) is 22.3 Å². The van der Waals surface area contributed by atoms with Crippen LogP contribution in [-0.2, 0) is 17.9 Å². The van der Waals surface area contributed by atoms with Crippen molar-refractivity contribution in [3.63, 3.8) is 0 Å². The van der Waals surface area contributed by atoms with Gasteiger partial charge in [-0.3, -0.25) is 4.79 Å². The van der Waals surface area contributed by atoms with E-state index in [0.29, 0.717) is 19.5 Å². The summed E-state index contributed by atoms with van der Waals surface area (Å²) in [6, 6.07) is 13.9. The lowest BCUT2D eigenvalue weighted by atomic mass is 9.95. The van der Waals surface area contributed by atoms with E-state index in [1.165, 1.54) is 5.56 Å². The van der Waals surface area contributed by atoms with Crippen molar-refractivity contribution in [2.24, 2.45) is 0 Å². The zero-order valence-electron chi connectivity index (χ0n) is 13.0. The molecule has 1 N–H and O–H groups in total. The monoisotopic (exact) mass is 295 g/mol. The highest BCUT2D eigenvalue weighted by Gasteiger charge is 2.23. The lowest BCUT2D eigenvalue weighted by Crippen LogP contribution is -2.23. The lowest BCUT2D eigenvalue weighted by Gasteiger charge is -2.15. The molecule has 1 unspecified atom stereocenters. The molecule has 3 heteroatoms. The zero-order valence-corrected chi connectivity index (χ0v) is 13.0. The fourth-order valence-electron chi connectivity index (χ4n) is 3.06. The first-order valence-corrected chi connectivity index (χ1v) is 7.73. The summed E-state index contributed by atoms with van der Waals surface area (Å²) >= 11 is 0. The summed E-state index contributed by atoms with van der Waals surface area (Å²) in [6.45, 7) is 5.23. The molecule has 0 saturated carbocycles. The fourth-order valence-corrected chi connectivity index (χ4v) is 3.06. The maximum absolute atomic E-state index is 11.8. The number of hydrogen-bond donors (Lipinski definition) is 1. The van der Waals surface area contributed by atoms with Crippen molar-refractivity contribution >= 4 is 5.91 Å². The Labute approximate surface area is 131 Å². The molecule has 114 valence electrons. The molecule has 1 atom stereocenters. The summed E-state index contributed by atoms with van der Waals surface area (Å²) in [7, 11) is 0. The number of benzene rings is 2. The lowest BCUT2D eigenvalue weighted by molar-refractivity contribution is -0.131. The van der Waals surface area contributed by atoms with Crippen molar-refractivity contribution in [3.05, 3.63) is 70.3 Å². The highest BCUT2D eigenvalue weighted by molar-refractivity contribution is 5.76. The molecule has 3 rings (SSSR count). The number of amides is 1. The first-order valence-electron chi connectivity index (χ1n) is 7.73. The van der Waals surface area contributed by atoms with Crippen LogP contribution in [0.25, 0.3) is 0 Å².